The molecule has 0 spiro atoms. The minimum Gasteiger partial charge on any atom is -0.495 e. The van der Waals surface area contributed by atoms with Crippen molar-refractivity contribution in [2.45, 2.75) is 13.8 Å². The first kappa shape index (κ1) is 21.4. The molecule has 3 rings (SSSR count). The van der Waals surface area contributed by atoms with Crippen LogP contribution in [0.4, 0.5) is 5.69 Å². The van der Waals surface area contributed by atoms with Crippen LogP contribution in [0.3, 0.4) is 0 Å². The fraction of sp³-hybridized carbons (Fsp3) is 0.238. The highest BCUT2D eigenvalue weighted by Crippen LogP contribution is 2.42. The molecule has 2 aromatic carbocycles. The number of nitrogens with zero attached hydrogens (tertiary/aromatic N) is 2. The highest BCUT2D eigenvalue weighted by atomic mass is 35.5. The monoisotopic (exact) mass is 449 g/mol. The van der Waals surface area contributed by atoms with Gasteiger partial charge >= 0.3 is 0 Å². The van der Waals surface area contributed by atoms with E-state index in [2.05, 4.69) is 29.3 Å². The van der Waals surface area contributed by atoms with Crippen LogP contribution in [0.25, 0.3) is 10.1 Å². The van der Waals surface area contributed by atoms with Crippen LogP contribution >= 0.6 is 34.5 Å². The fourth-order valence-corrected chi connectivity index (χ4v) is 4.74. The molecule has 0 saturated carbocycles. The van der Waals surface area contributed by atoms with E-state index in [-0.39, 0.29) is 5.91 Å². The Hall–Kier alpha value is -2.28. The first-order valence-electron chi connectivity index (χ1n) is 9.13. The van der Waals surface area contributed by atoms with Gasteiger partial charge in [-0.25, -0.2) is 5.43 Å². The molecule has 1 aromatic heterocycles. The predicted molar refractivity (Wildman–Crippen MR) is 123 cm³/mol. The van der Waals surface area contributed by atoms with Crippen molar-refractivity contribution in [3.63, 3.8) is 0 Å². The Kier molecular flexibility index (Phi) is 7.00. The molecule has 1 N–H and O–H groups in total. The van der Waals surface area contributed by atoms with E-state index in [0.717, 1.165) is 24.3 Å². The van der Waals surface area contributed by atoms with Gasteiger partial charge in [-0.3, -0.25) is 4.79 Å². The number of carbonyl (C=O) groups excluding carboxylic acids is 1. The number of benzene rings is 2. The second-order valence-corrected chi connectivity index (χ2v) is 7.94. The Labute approximate surface area is 183 Å². The van der Waals surface area contributed by atoms with E-state index >= 15 is 0 Å². The molecule has 0 bridgehead atoms. The summed E-state index contributed by atoms with van der Waals surface area (Å²) in [5.41, 5.74) is 4.57. The number of fused-ring (bicyclic) bond motifs is 1. The van der Waals surface area contributed by atoms with E-state index < -0.39 is 0 Å². The number of hydrazone groups is 1. The molecule has 1 amide bonds. The fourth-order valence-electron chi connectivity index (χ4n) is 2.96. The average molecular weight is 450 g/mol. The topological polar surface area (TPSA) is 53.9 Å². The molecular formula is C21H21Cl2N3O2S. The number of carbonyl (C=O) groups is 1. The van der Waals surface area contributed by atoms with Gasteiger partial charge in [0.1, 0.15) is 15.6 Å². The second-order valence-electron chi connectivity index (χ2n) is 6.17. The van der Waals surface area contributed by atoms with E-state index in [9.17, 15) is 4.79 Å². The van der Waals surface area contributed by atoms with Crippen LogP contribution in [0.15, 0.2) is 41.5 Å². The van der Waals surface area contributed by atoms with Gasteiger partial charge in [-0.1, -0.05) is 35.3 Å². The lowest BCUT2D eigenvalue weighted by molar-refractivity contribution is 0.0959. The Morgan fingerprint density at radius 2 is 1.83 bits per heavy atom. The molecule has 1 heterocycles. The van der Waals surface area contributed by atoms with Crippen LogP contribution < -0.4 is 15.1 Å². The van der Waals surface area contributed by atoms with Crippen molar-refractivity contribution < 1.29 is 9.53 Å². The van der Waals surface area contributed by atoms with Crippen LogP contribution in [0.1, 0.15) is 29.1 Å². The van der Waals surface area contributed by atoms with Crippen LogP contribution in [0.2, 0.25) is 10.0 Å². The number of anilines is 1. The maximum Gasteiger partial charge on any atom is 0.283 e. The minimum atomic E-state index is -0.387. The maximum atomic E-state index is 12.5. The number of thiophene rings is 1. The van der Waals surface area contributed by atoms with Gasteiger partial charge in [0, 0.05) is 24.2 Å². The van der Waals surface area contributed by atoms with Gasteiger partial charge in [0.25, 0.3) is 5.91 Å². The normalized spacial score (nSPS) is 11.2. The zero-order chi connectivity index (χ0) is 21.0. The number of ether oxygens (including phenoxy) is 1. The first-order chi connectivity index (χ1) is 14.0. The largest absolute Gasteiger partial charge is 0.495 e. The van der Waals surface area contributed by atoms with E-state index in [0.29, 0.717) is 30.8 Å². The van der Waals surface area contributed by atoms with E-state index in [1.807, 2.05) is 24.3 Å². The van der Waals surface area contributed by atoms with Gasteiger partial charge in [0.2, 0.25) is 0 Å². The molecule has 0 radical (unpaired) electrons. The Morgan fingerprint density at radius 1 is 1.14 bits per heavy atom. The van der Waals surface area contributed by atoms with Crippen molar-refractivity contribution in [2.24, 2.45) is 5.10 Å². The molecule has 5 nitrogen and oxygen atoms in total. The van der Waals surface area contributed by atoms with Crippen molar-refractivity contribution in [3.8, 4) is 5.75 Å². The number of hydrogen-bond donors (Lipinski definition) is 1. The third-order valence-electron chi connectivity index (χ3n) is 4.53. The highest BCUT2D eigenvalue weighted by Gasteiger charge is 2.20. The molecule has 0 unspecified atom stereocenters. The lowest BCUT2D eigenvalue weighted by atomic mass is 10.2. The number of rotatable bonds is 7. The summed E-state index contributed by atoms with van der Waals surface area (Å²) in [6.07, 6.45) is 1.60. The predicted octanol–water partition coefficient (Wildman–Crippen LogP) is 5.83. The van der Waals surface area contributed by atoms with Crippen molar-refractivity contribution in [2.75, 3.05) is 25.1 Å². The summed E-state index contributed by atoms with van der Waals surface area (Å²) in [5.74, 6) is 0.150. The molecule has 0 aliphatic carbocycles. The van der Waals surface area contributed by atoms with E-state index in [1.54, 1.807) is 25.5 Å². The summed E-state index contributed by atoms with van der Waals surface area (Å²) >= 11 is 13.9. The van der Waals surface area contributed by atoms with E-state index in [1.165, 1.54) is 11.3 Å². The maximum absolute atomic E-state index is 12.5. The van der Waals surface area contributed by atoms with Gasteiger partial charge in [-0.05, 0) is 43.7 Å². The molecular weight excluding hydrogens is 429 g/mol. The van der Waals surface area contributed by atoms with Gasteiger partial charge in [-0.15, -0.1) is 11.3 Å². The number of halogens is 2. The number of amides is 1. The molecule has 152 valence electrons. The van der Waals surface area contributed by atoms with Crippen molar-refractivity contribution in [1.29, 1.82) is 0 Å². The molecule has 29 heavy (non-hydrogen) atoms. The smallest absolute Gasteiger partial charge is 0.283 e. The van der Waals surface area contributed by atoms with Gasteiger partial charge < -0.3 is 9.64 Å². The molecule has 0 aliphatic heterocycles. The Morgan fingerprint density at radius 3 is 2.45 bits per heavy atom. The number of hydrogen-bond acceptors (Lipinski definition) is 5. The zero-order valence-corrected chi connectivity index (χ0v) is 18.7. The van der Waals surface area contributed by atoms with Crippen molar-refractivity contribution in [3.05, 3.63) is 56.9 Å². The highest BCUT2D eigenvalue weighted by molar-refractivity contribution is 7.22. The second kappa shape index (κ2) is 9.48. The van der Waals surface area contributed by atoms with Crippen LogP contribution in [-0.4, -0.2) is 32.3 Å². The lowest BCUT2D eigenvalue weighted by Gasteiger charge is -2.20. The third-order valence-corrected chi connectivity index (χ3v) is 6.74. The average Bonchev–Trinajstić information content (AvgIpc) is 3.08. The van der Waals surface area contributed by atoms with Crippen LogP contribution in [0, 0.1) is 0 Å². The third kappa shape index (κ3) is 4.50. The molecule has 3 aromatic rings. The van der Waals surface area contributed by atoms with Crippen molar-refractivity contribution >= 4 is 62.4 Å². The SMILES string of the molecule is CCN(CC)c1ccc(/C=N/NC(=O)c2sc3c(Cl)c(OC)ccc3c2Cl)cc1. The quantitative estimate of drug-likeness (QED) is 0.364. The van der Waals surface area contributed by atoms with Gasteiger partial charge in [0.15, 0.2) is 0 Å². The number of methoxy groups -OCH3 is 1. The van der Waals surface area contributed by atoms with Gasteiger partial charge in [-0.2, -0.15) is 5.10 Å². The zero-order valence-electron chi connectivity index (χ0n) is 16.3. The standard InChI is InChI=1S/C21H21Cl2N3O2S/c1-4-26(5-2)14-8-6-13(7-9-14)12-24-25-21(27)20-17(22)15-10-11-16(28-3)18(23)19(15)29-20/h6-12H,4-5H2,1-3H3,(H,25,27)/b24-12+. The molecule has 8 heteroatoms. The minimum absolute atomic E-state index is 0.353. The van der Waals surface area contributed by atoms with Crippen LogP contribution in [0.5, 0.6) is 5.75 Å². The molecule has 0 aliphatic rings. The summed E-state index contributed by atoms with van der Waals surface area (Å²) in [7, 11) is 1.54. The number of nitrogens with one attached hydrogen (secondary N) is 1. The Bertz CT molecular complexity index is 1040. The molecule has 0 atom stereocenters. The summed E-state index contributed by atoms with van der Waals surface area (Å²) in [6.45, 7) is 6.14. The lowest BCUT2D eigenvalue weighted by Crippen LogP contribution is -2.21. The van der Waals surface area contributed by atoms with Crippen LogP contribution in [-0.2, 0) is 0 Å². The summed E-state index contributed by atoms with van der Waals surface area (Å²) < 4.78 is 5.92. The molecule has 0 fully saturated rings. The summed E-state index contributed by atoms with van der Waals surface area (Å²) in [5, 5.41) is 5.55. The Balaban J connectivity index is 1.74. The van der Waals surface area contributed by atoms with Gasteiger partial charge in [0.05, 0.1) is 23.0 Å². The van der Waals surface area contributed by atoms with E-state index in [4.69, 9.17) is 27.9 Å². The van der Waals surface area contributed by atoms with Crippen molar-refractivity contribution in [1.82, 2.24) is 5.43 Å². The summed E-state index contributed by atoms with van der Waals surface area (Å²) in [6, 6.07) is 11.5. The summed E-state index contributed by atoms with van der Waals surface area (Å²) in [4.78, 5) is 15.1. The first-order valence-corrected chi connectivity index (χ1v) is 10.7. The molecule has 0 saturated heterocycles.